The van der Waals surface area contributed by atoms with Crippen LogP contribution in [0.5, 0.6) is 0 Å². The lowest BCUT2D eigenvalue weighted by Crippen LogP contribution is -2.49. The minimum atomic E-state index is 0.0514. The molecule has 0 aliphatic carbocycles. The van der Waals surface area contributed by atoms with Gasteiger partial charge in [-0.05, 0) is 11.4 Å². The van der Waals surface area contributed by atoms with Crippen LogP contribution in [0.25, 0.3) is 0 Å². The summed E-state index contributed by atoms with van der Waals surface area (Å²) in [4.78, 5) is 16.9. The van der Waals surface area contributed by atoms with Crippen molar-refractivity contribution in [1.82, 2.24) is 9.80 Å². The van der Waals surface area contributed by atoms with Gasteiger partial charge in [0.05, 0.1) is 5.02 Å². The van der Waals surface area contributed by atoms with E-state index in [9.17, 15) is 4.79 Å². The van der Waals surface area contributed by atoms with E-state index in [4.69, 9.17) is 23.2 Å². The fourth-order valence-electron chi connectivity index (χ4n) is 1.88. The van der Waals surface area contributed by atoms with Crippen LogP contribution >= 0.6 is 34.5 Å². The molecule has 0 spiro atoms. The Kier molecular flexibility index (Phi) is 4.68. The summed E-state index contributed by atoms with van der Waals surface area (Å²) in [5, 5.41) is 2.41. The molecule has 2 heterocycles. The van der Waals surface area contributed by atoms with Crippen LogP contribution in [0.15, 0.2) is 11.4 Å². The van der Waals surface area contributed by atoms with Gasteiger partial charge in [0.25, 0.3) is 5.91 Å². The molecule has 1 aliphatic heterocycles. The zero-order valence-corrected chi connectivity index (χ0v) is 11.7. The van der Waals surface area contributed by atoms with Crippen molar-refractivity contribution in [3.05, 3.63) is 21.3 Å². The van der Waals surface area contributed by atoms with Crippen LogP contribution in [0, 0.1) is 0 Å². The number of alkyl halides is 1. The second kappa shape index (κ2) is 6.05. The van der Waals surface area contributed by atoms with Crippen molar-refractivity contribution < 1.29 is 4.79 Å². The zero-order valence-electron chi connectivity index (χ0n) is 9.36. The summed E-state index contributed by atoms with van der Waals surface area (Å²) in [6, 6.07) is 1.77. The Labute approximate surface area is 115 Å². The summed E-state index contributed by atoms with van der Waals surface area (Å²) in [7, 11) is 0. The number of carbonyl (C=O) groups is 1. The quantitative estimate of drug-likeness (QED) is 0.799. The number of carbonyl (C=O) groups excluding carboxylic acids is 1. The molecule has 3 nitrogen and oxygen atoms in total. The minimum absolute atomic E-state index is 0.0514. The van der Waals surface area contributed by atoms with Crippen molar-refractivity contribution >= 4 is 40.4 Å². The molecule has 94 valence electrons. The average molecular weight is 293 g/mol. The summed E-state index contributed by atoms with van der Waals surface area (Å²) >= 11 is 13.1. The SMILES string of the molecule is O=C(c1sccc1Cl)N1CCN(CCCl)CC1. The molecule has 0 atom stereocenters. The molecule has 1 saturated heterocycles. The van der Waals surface area contributed by atoms with Gasteiger partial charge in [0.2, 0.25) is 0 Å². The summed E-state index contributed by atoms with van der Waals surface area (Å²) < 4.78 is 0. The fourth-order valence-corrected chi connectivity index (χ4v) is 3.23. The van der Waals surface area contributed by atoms with E-state index in [1.165, 1.54) is 11.3 Å². The molecule has 1 aromatic heterocycles. The molecule has 1 amide bonds. The van der Waals surface area contributed by atoms with E-state index in [-0.39, 0.29) is 5.91 Å². The van der Waals surface area contributed by atoms with Gasteiger partial charge in [0.1, 0.15) is 4.88 Å². The zero-order chi connectivity index (χ0) is 12.3. The molecular weight excluding hydrogens is 279 g/mol. The fraction of sp³-hybridized carbons (Fsp3) is 0.545. The van der Waals surface area contributed by atoms with Crippen LogP contribution in [0.1, 0.15) is 9.67 Å². The number of halogens is 2. The largest absolute Gasteiger partial charge is 0.335 e. The highest BCUT2D eigenvalue weighted by Crippen LogP contribution is 2.24. The lowest BCUT2D eigenvalue weighted by Gasteiger charge is -2.34. The monoisotopic (exact) mass is 292 g/mol. The van der Waals surface area contributed by atoms with Gasteiger partial charge in [-0.1, -0.05) is 11.6 Å². The molecule has 0 radical (unpaired) electrons. The van der Waals surface area contributed by atoms with E-state index < -0.39 is 0 Å². The summed E-state index contributed by atoms with van der Waals surface area (Å²) in [6.45, 7) is 4.18. The first-order chi connectivity index (χ1) is 8.22. The number of nitrogens with zero attached hydrogens (tertiary/aromatic N) is 2. The summed E-state index contributed by atoms with van der Waals surface area (Å²) in [5.41, 5.74) is 0. The number of rotatable bonds is 3. The Morgan fingerprint density at radius 1 is 1.35 bits per heavy atom. The van der Waals surface area contributed by atoms with Gasteiger partial charge in [0, 0.05) is 38.6 Å². The van der Waals surface area contributed by atoms with E-state index >= 15 is 0 Å². The highest BCUT2D eigenvalue weighted by atomic mass is 35.5. The Balaban J connectivity index is 1.93. The Morgan fingerprint density at radius 2 is 2.06 bits per heavy atom. The molecule has 1 fully saturated rings. The van der Waals surface area contributed by atoms with Crippen LogP contribution in [-0.4, -0.2) is 54.3 Å². The third-order valence-electron chi connectivity index (χ3n) is 2.87. The molecule has 0 bridgehead atoms. The lowest BCUT2D eigenvalue weighted by atomic mass is 10.3. The molecule has 2 rings (SSSR count). The normalized spacial score (nSPS) is 17.4. The van der Waals surface area contributed by atoms with Gasteiger partial charge in [-0.15, -0.1) is 22.9 Å². The number of piperazine rings is 1. The number of hydrogen-bond acceptors (Lipinski definition) is 3. The van der Waals surface area contributed by atoms with Gasteiger partial charge in [0.15, 0.2) is 0 Å². The topological polar surface area (TPSA) is 23.6 Å². The van der Waals surface area contributed by atoms with E-state index in [0.29, 0.717) is 15.8 Å². The Morgan fingerprint density at radius 3 is 2.59 bits per heavy atom. The minimum Gasteiger partial charge on any atom is -0.335 e. The second-order valence-electron chi connectivity index (χ2n) is 3.92. The predicted molar refractivity (Wildman–Crippen MR) is 72.4 cm³/mol. The van der Waals surface area contributed by atoms with Crippen molar-refractivity contribution in [3.8, 4) is 0 Å². The van der Waals surface area contributed by atoms with Gasteiger partial charge in [-0.2, -0.15) is 0 Å². The molecule has 17 heavy (non-hydrogen) atoms. The van der Waals surface area contributed by atoms with Crippen LogP contribution < -0.4 is 0 Å². The highest BCUT2D eigenvalue weighted by molar-refractivity contribution is 7.12. The van der Waals surface area contributed by atoms with Crippen molar-refractivity contribution in [2.75, 3.05) is 38.6 Å². The van der Waals surface area contributed by atoms with Crippen molar-refractivity contribution in [2.45, 2.75) is 0 Å². The summed E-state index contributed by atoms with van der Waals surface area (Å²) in [5.74, 6) is 0.695. The number of thiophene rings is 1. The van der Waals surface area contributed by atoms with Gasteiger partial charge in [-0.3, -0.25) is 9.69 Å². The summed E-state index contributed by atoms with van der Waals surface area (Å²) in [6.07, 6.45) is 0. The van der Waals surface area contributed by atoms with Crippen LogP contribution in [0.2, 0.25) is 5.02 Å². The van der Waals surface area contributed by atoms with Gasteiger partial charge >= 0.3 is 0 Å². The number of amides is 1. The molecule has 1 aromatic rings. The van der Waals surface area contributed by atoms with Crippen molar-refractivity contribution in [3.63, 3.8) is 0 Å². The molecule has 0 saturated carbocycles. The molecule has 0 unspecified atom stereocenters. The first-order valence-corrected chi connectivity index (χ1v) is 7.32. The van der Waals surface area contributed by atoms with E-state index in [1.54, 1.807) is 6.07 Å². The van der Waals surface area contributed by atoms with Crippen molar-refractivity contribution in [2.24, 2.45) is 0 Å². The van der Waals surface area contributed by atoms with E-state index in [1.807, 2.05) is 10.3 Å². The van der Waals surface area contributed by atoms with Gasteiger partial charge < -0.3 is 4.90 Å². The Hall–Kier alpha value is -0.290. The van der Waals surface area contributed by atoms with E-state index in [2.05, 4.69) is 4.90 Å². The first kappa shape index (κ1) is 13.1. The van der Waals surface area contributed by atoms with Gasteiger partial charge in [-0.25, -0.2) is 0 Å². The maximum absolute atomic E-state index is 12.2. The molecule has 6 heteroatoms. The van der Waals surface area contributed by atoms with E-state index in [0.717, 1.165) is 32.7 Å². The second-order valence-corrected chi connectivity index (χ2v) is 5.62. The maximum Gasteiger partial charge on any atom is 0.265 e. The third-order valence-corrected chi connectivity index (χ3v) is 4.37. The molecule has 1 aliphatic rings. The Bertz CT molecular complexity index is 389. The molecular formula is C11H14Cl2N2OS. The predicted octanol–water partition coefficient (Wildman–Crippen LogP) is 2.40. The maximum atomic E-state index is 12.2. The molecule has 0 N–H and O–H groups in total. The standard InChI is InChI=1S/C11H14Cl2N2OS/c12-2-3-14-4-6-15(7-5-14)11(16)10-9(13)1-8-17-10/h1,8H,2-7H2. The highest BCUT2D eigenvalue weighted by Gasteiger charge is 2.23. The third kappa shape index (κ3) is 3.13. The number of hydrogen-bond donors (Lipinski definition) is 0. The molecule has 0 aromatic carbocycles. The van der Waals surface area contributed by atoms with Crippen LogP contribution in [0.4, 0.5) is 0 Å². The van der Waals surface area contributed by atoms with Crippen molar-refractivity contribution in [1.29, 1.82) is 0 Å². The lowest BCUT2D eigenvalue weighted by molar-refractivity contribution is 0.0649. The van der Waals surface area contributed by atoms with Crippen LogP contribution in [-0.2, 0) is 0 Å². The van der Waals surface area contributed by atoms with Crippen LogP contribution in [0.3, 0.4) is 0 Å². The average Bonchev–Trinajstić information content (AvgIpc) is 2.76. The first-order valence-electron chi connectivity index (χ1n) is 5.53. The smallest absolute Gasteiger partial charge is 0.265 e.